The van der Waals surface area contributed by atoms with Crippen LogP contribution in [-0.2, 0) is 9.53 Å². The van der Waals surface area contributed by atoms with E-state index >= 15 is 0 Å². The van der Waals surface area contributed by atoms with Crippen molar-refractivity contribution in [2.75, 3.05) is 13.7 Å². The molecule has 0 heterocycles. The Morgan fingerprint density at radius 2 is 2.33 bits per heavy atom. The first-order valence-corrected chi connectivity index (χ1v) is 6.22. The number of rotatable bonds is 5. The summed E-state index contributed by atoms with van der Waals surface area (Å²) in [5.41, 5.74) is 6.20. The molecule has 2 unspecified atom stereocenters. The van der Waals surface area contributed by atoms with Crippen LogP contribution in [0.1, 0.15) is 31.2 Å². The van der Waals surface area contributed by atoms with Crippen molar-refractivity contribution < 1.29 is 14.3 Å². The first kappa shape index (κ1) is 12.9. The van der Waals surface area contributed by atoms with Gasteiger partial charge in [0.1, 0.15) is 11.3 Å². The van der Waals surface area contributed by atoms with Crippen molar-refractivity contribution in [3.63, 3.8) is 0 Å². The van der Waals surface area contributed by atoms with E-state index in [0.29, 0.717) is 13.0 Å². The van der Waals surface area contributed by atoms with Crippen LogP contribution in [0.2, 0.25) is 0 Å². The Morgan fingerprint density at radius 3 is 3.00 bits per heavy atom. The average molecular weight is 249 g/mol. The molecule has 0 radical (unpaired) electrons. The lowest BCUT2D eigenvalue weighted by Gasteiger charge is -2.10. The number of methoxy groups -OCH3 is 1. The zero-order valence-electron chi connectivity index (χ0n) is 10.8. The highest BCUT2D eigenvalue weighted by molar-refractivity contribution is 5.86. The predicted molar refractivity (Wildman–Crippen MR) is 68.5 cm³/mol. The smallest absolute Gasteiger partial charge is 0.326 e. The fourth-order valence-corrected chi connectivity index (χ4v) is 2.15. The molecule has 0 amide bonds. The molecule has 98 valence electrons. The third-order valence-electron chi connectivity index (χ3n) is 3.30. The van der Waals surface area contributed by atoms with E-state index in [9.17, 15) is 4.79 Å². The molecule has 0 aromatic heterocycles. The summed E-state index contributed by atoms with van der Waals surface area (Å²) in [6.45, 7) is 2.76. The molecule has 1 fully saturated rings. The van der Waals surface area contributed by atoms with E-state index in [-0.39, 0.29) is 11.9 Å². The van der Waals surface area contributed by atoms with Crippen LogP contribution in [0, 0.1) is 0 Å². The van der Waals surface area contributed by atoms with Gasteiger partial charge in [-0.1, -0.05) is 19.1 Å². The number of esters is 1. The van der Waals surface area contributed by atoms with Crippen LogP contribution in [0.3, 0.4) is 0 Å². The largest absolute Gasteiger partial charge is 0.494 e. The molecule has 1 aromatic carbocycles. The molecule has 2 rings (SSSR count). The second-order valence-electron chi connectivity index (χ2n) is 4.71. The number of carbonyl (C=O) groups excluding carboxylic acids is 1. The first-order chi connectivity index (χ1) is 8.61. The van der Waals surface area contributed by atoms with Crippen molar-refractivity contribution >= 4 is 5.97 Å². The fourth-order valence-electron chi connectivity index (χ4n) is 2.15. The summed E-state index contributed by atoms with van der Waals surface area (Å²) in [5, 5.41) is 0. The summed E-state index contributed by atoms with van der Waals surface area (Å²) in [6.07, 6.45) is 1.60. The zero-order valence-corrected chi connectivity index (χ0v) is 10.8. The Morgan fingerprint density at radius 1 is 1.56 bits per heavy atom. The number of ether oxygens (including phenoxy) is 2. The number of hydrogen-bond donors (Lipinski definition) is 1. The van der Waals surface area contributed by atoms with E-state index in [1.807, 2.05) is 24.3 Å². The van der Waals surface area contributed by atoms with E-state index in [0.717, 1.165) is 17.7 Å². The van der Waals surface area contributed by atoms with Crippen LogP contribution in [-0.4, -0.2) is 25.2 Å². The summed E-state index contributed by atoms with van der Waals surface area (Å²) in [4.78, 5) is 11.6. The highest BCUT2D eigenvalue weighted by atomic mass is 16.5. The van der Waals surface area contributed by atoms with E-state index in [1.54, 1.807) is 0 Å². The molecule has 2 atom stereocenters. The summed E-state index contributed by atoms with van der Waals surface area (Å²) in [6, 6.07) is 7.77. The number of nitrogens with two attached hydrogens (primary N) is 1. The van der Waals surface area contributed by atoms with Gasteiger partial charge in [-0.15, -0.1) is 0 Å². The van der Waals surface area contributed by atoms with E-state index in [1.165, 1.54) is 7.11 Å². The second kappa shape index (κ2) is 4.98. The Balaban J connectivity index is 2.09. The van der Waals surface area contributed by atoms with Gasteiger partial charge < -0.3 is 15.2 Å². The van der Waals surface area contributed by atoms with Crippen molar-refractivity contribution in [2.24, 2.45) is 5.73 Å². The van der Waals surface area contributed by atoms with Gasteiger partial charge in [-0.05, 0) is 30.5 Å². The second-order valence-corrected chi connectivity index (χ2v) is 4.71. The van der Waals surface area contributed by atoms with Crippen LogP contribution < -0.4 is 10.5 Å². The van der Waals surface area contributed by atoms with Crippen LogP contribution in [0.4, 0.5) is 0 Å². The molecule has 0 saturated heterocycles. The molecule has 1 aliphatic carbocycles. The van der Waals surface area contributed by atoms with Gasteiger partial charge in [0, 0.05) is 5.92 Å². The monoisotopic (exact) mass is 249 g/mol. The predicted octanol–water partition coefficient (Wildman–Crippen LogP) is 1.83. The molecule has 2 N–H and O–H groups in total. The maximum atomic E-state index is 11.6. The highest BCUT2D eigenvalue weighted by Crippen LogP contribution is 2.50. The molecule has 1 saturated carbocycles. The molecule has 0 spiro atoms. The number of hydrogen-bond acceptors (Lipinski definition) is 4. The van der Waals surface area contributed by atoms with Crippen molar-refractivity contribution in [2.45, 2.75) is 31.2 Å². The summed E-state index contributed by atoms with van der Waals surface area (Å²) >= 11 is 0. The molecule has 4 heteroatoms. The van der Waals surface area contributed by atoms with Gasteiger partial charge in [0.25, 0.3) is 0 Å². The Bertz CT molecular complexity index is 446. The lowest BCUT2D eigenvalue weighted by molar-refractivity contribution is -0.143. The molecular weight excluding hydrogens is 230 g/mol. The van der Waals surface area contributed by atoms with Gasteiger partial charge in [0.2, 0.25) is 0 Å². The van der Waals surface area contributed by atoms with Gasteiger partial charge in [0.15, 0.2) is 0 Å². The van der Waals surface area contributed by atoms with Crippen LogP contribution >= 0.6 is 0 Å². The van der Waals surface area contributed by atoms with Gasteiger partial charge in [-0.3, -0.25) is 4.79 Å². The average Bonchev–Trinajstić information content (AvgIpc) is 3.09. The Hall–Kier alpha value is -1.55. The Labute approximate surface area is 107 Å². The molecule has 1 aliphatic rings. The summed E-state index contributed by atoms with van der Waals surface area (Å²) in [7, 11) is 1.37. The van der Waals surface area contributed by atoms with E-state index < -0.39 is 5.54 Å². The molecule has 1 aromatic rings. The SMILES string of the molecule is CCCOc1cccc(C2CC2(N)C(=O)OC)c1. The lowest BCUT2D eigenvalue weighted by Crippen LogP contribution is -2.35. The van der Waals surface area contributed by atoms with E-state index in [2.05, 4.69) is 6.92 Å². The third-order valence-corrected chi connectivity index (χ3v) is 3.30. The number of carbonyl (C=O) groups is 1. The topological polar surface area (TPSA) is 61.5 Å². The molecule has 18 heavy (non-hydrogen) atoms. The van der Waals surface area contributed by atoms with Crippen LogP contribution in [0.25, 0.3) is 0 Å². The fraction of sp³-hybridized carbons (Fsp3) is 0.500. The van der Waals surface area contributed by atoms with Crippen molar-refractivity contribution in [1.29, 1.82) is 0 Å². The van der Waals surface area contributed by atoms with Crippen LogP contribution in [0.15, 0.2) is 24.3 Å². The maximum absolute atomic E-state index is 11.6. The van der Waals surface area contributed by atoms with Crippen LogP contribution in [0.5, 0.6) is 5.75 Å². The minimum atomic E-state index is -0.849. The maximum Gasteiger partial charge on any atom is 0.326 e. The quantitative estimate of drug-likeness (QED) is 0.809. The first-order valence-electron chi connectivity index (χ1n) is 6.22. The normalized spacial score (nSPS) is 25.6. The van der Waals surface area contributed by atoms with Gasteiger partial charge >= 0.3 is 5.97 Å². The van der Waals surface area contributed by atoms with Crippen molar-refractivity contribution in [1.82, 2.24) is 0 Å². The molecule has 0 bridgehead atoms. The summed E-state index contributed by atoms with van der Waals surface area (Å²) in [5.74, 6) is 0.524. The van der Waals surface area contributed by atoms with Crippen molar-refractivity contribution in [3.05, 3.63) is 29.8 Å². The highest BCUT2D eigenvalue weighted by Gasteiger charge is 2.58. The van der Waals surface area contributed by atoms with Gasteiger partial charge in [0.05, 0.1) is 13.7 Å². The molecule has 0 aliphatic heterocycles. The van der Waals surface area contributed by atoms with Gasteiger partial charge in [-0.25, -0.2) is 0 Å². The summed E-state index contributed by atoms with van der Waals surface area (Å²) < 4.78 is 10.3. The zero-order chi connectivity index (χ0) is 13.2. The van der Waals surface area contributed by atoms with E-state index in [4.69, 9.17) is 15.2 Å². The van der Waals surface area contributed by atoms with Gasteiger partial charge in [-0.2, -0.15) is 0 Å². The third kappa shape index (κ3) is 2.34. The molecule has 4 nitrogen and oxygen atoms in total. The lowest BCUT2D eigenvalue weighted by atomic mass is 10.1. The Kier molecular flexibility index (Phi) is 3.57. The minimum Gasteiger partial charge on any atom is -0.494 e. The number of benzene rings is 1. The van der Waals surface area contributed by atoms with Crippen molar-refractivity contribution in [3.8, 4) is 5.75 Å². The standard InChI is InChI=1S/C14H19NO3/c1-3-7-18-11-6-4-5-10(8-11)12-9-14(12,15)13(16)17-2/h4-6,8,12H,3,7,9,15H2,1-2H3. The molecular formula is C14H19NO3. The minimum absolute atomic E-state index is 0.0372.